The fourth-order valence-corrected chi connectivity index (χ4v) is 6.50. The molecule has 1 atom stereocenters. The van der Waals surface area contributed by atoms with Crippen LogP contribution in [0.1, 0.15) is 92.6 Å². The monoisotopic (exact) mass is 378 g/mol. The van der Waals surface area contributed by atoms with Gasteiger partial charge in [-0.05, 0) is 46.5 Å². The molecule has 0 heterocycles. The van der Waals surface area contributed by atoms with Crippen LogP contribution >= 0.6 is 0 Å². The molecular weight excluding hydrogens is 336 g/mol. The summed E-state index contributed by atoms with van der Waals surface area (Å²) in [5.74, 6) is 0. The van der Waals surface area contributed by atoms with E-state index in [0.717, 1.165) is 0 Å². The molecule has 0 aromatic heterocycles. The highest BCUT2D eigenvalue weighted by Crippen LogP contribution is 2.64. The molecule has 1 aromatic rings. The molecule has 0 bridgehead atoms. The lowest BCUT2D eigenvalue weighted by Crippen LogP contribution is -2.44. The van der Waals surface area contributed by atoms with Crippen molar-refractivity contribution in [2.75, 3.05) is 0 Å². The van der Waals surface area contributed by atoms with Crippen LogP contribution in [-0.4, -0.2) is 0 Å². The fraction of sp³-hybridized carbons (Fsp3) is 0.643. The third kappa shape index (κ3) is 3.77. The van der Waals surface area contributed by atoms with Crippen molar-refractivity contribution in [3.05, 3.63) is 60.2 Å². The van der Waals surface area contributed by atoms with Crippen LogP contribution in [0.2, 0.25) is 0 Å². The van der Waals surface area contributed by atoms with E-state index in [4.69, 9.17) is 0 Å². The normalized spacial score (nSPS) is 30.8. The van der Waals surface area contributed by atoms with Crippen LogP contribution in [0.3, 0.4) is 0 Å². The standard InChI is InChI=1S/C14H24.C14H18/c1-12(2)10-11-13(3,4)14(12)8-6-5-7-9-14;1-13(2)9-10-14(3,11-13)12-7-5-4-6-8-12/h10-11H,5-9H2,1-4H3;4-10H,11H2,1-3H3. The molecule has 1 spiro atoms. The molecule has 0 N–H and O–H groups in total. The van der Waals surface area contributed by atoms with Gasteiger partial charge in [0.05, 0.1) is 0 Å². The summed E-state index contributed by atoms with van der Waals surface area (Å²) < 4.78 is 0. The molecule has 1 fully saturated rings. The summed E-state index contributed by atoms with van der Waals surface area (Å²) in [6.45, 7) is 16.7. The second kappa shape index (κ2) is 7.19. The Bertz CT molecular complexity index is 703. The van der Waals surface area contributed by atoms with Gasteiger partial charge in [0.25, 0.3) is 0 Å². The van der Waals surface area contributed by atoms with E-state index >= 15 is 0 Å². The molecule has 28 heavy (non-hydrogen) atoms. The van der Waals surface area contributed by atoms with E-state index in [9.17, 15) is 0 Å². The van der Waals surface area contributed by atoms with Crippen molar-refractivity contribution < 1.29 is 0 Å². The molecule has 0 aliphatic heterocycles. The van der Waals surface area contributed by atoms with Gasteiger partial charge in [-0.2, -0.15) is 0 Å². The molecular formula is C28H42. The number of rotatable bonds is 1. The van der Waals surface area contributed by atoms with Gasteiger partial charge in [0, 0.05) is 5.41 Å². The Balaban J connectivity index is 0.000000161. The highest BCUT2D eigenvalue weighted by molar-refractivity contribution is 5.34. The van der Waals surface area contributed by atoms with Gasteiger partial charge in [0.15, 0.2) is 0 Å². The first-order valence-electron chi connectivity index (χ1n) is 11.4. The Morgan fingerprint density at radius 2 is 1.14 bits per heavy atom. The summed E-state index contributed by atoms with van der Waals surface area (Å²) in [6.07, 6.45) is 18.1. The quantitative estimate of drug-likeness (QED) is 0.430. The molecule has 0 amide bonds. The molecule has 0 radical (unpaired) electrons. The minimum Gasteiger partial charge on any atom is -0.0819 e. The second-order valence-electron chi connectivity index (χ2n) is 11.7. The molecule has 3 aliphatic carbocycles. The average Bonchev–Trinajstić information content (AvgIpc) is 3.04. The number of allylic oxidation sites excluding steroid dienone is 4. The van der Waals surface area contributed by atoms with Gasteiger partial charge in [0.1, 0.15) is 0 Å². The smallest absolute Gasteiger partial charge is 0.0112 e. The van der Waals surface area contributed by atoms with Crippen LogP contribution in [0.25, 0.3) is 0 Å². The van der Waals surface area contributed by atoms with Crippen LogP contribution in [0, 0.1) is 21.7 Å². The van der Waals surface area contributed by atoms with Gasteiger partial charge in [0.2, 0.25) is 0 Å². The van der Waals surface area contributed by atoms with Gasteiger partial charge >= 0.3 is 0 Å². The first kappa shape index (κ1) is 21.4. The molecule has 0 saturated heterocycles. The molecule has 3 aliphatic rings. The van der Waals surface area contributed by atoms with E-state index < -0.39 is 0 Å². The molecule has 1 aromatic carbocycles. The SMILES string of the molecule is CC1(C)C=CC(C)(C)C12CCCCC2.CC1(C)C=CC(C)(c2ccccc2)C1. The van der Waals surface area contributed by atoms with E-state index in [0.29, 0.717) is 21.7 Å². The predicted molar refractivity (Wildman–Crippen MR) is 124 cm³/mol. The Morgan fingerprint density at radius 1 is 0.607 bits per heavy atom. The van der Waals surface area contributed by atoms with Crippen molar-refractivity contribution in [2.45, 2.75) is 92.4 Å². The molecule has 0 nitrogen and oxygen atoms in total. The van der Waals surface area contributed by atoms with Gasteiger partial charge in [-0.1, -0.05) is 122 Å². The van der Waals surface area contributed by atoms with E-state index in [-0.39, 0.29) is 5.41 Å². The summed E-state index contributed by atoms with van der Waals surface area (Å²) in [5.41, 5.74) is 3.41. The zero-order valence-electron chi connectivity index (χ0n) is 19.4. The topological polar surface area (TPSA) is 0 Å². The molecule has 1 unspecified atom stereocenters. The van der Waals surface area contributed by atoms with Crippen LogP contribution in [-0.2, 0) is 5.41 Å². The molecule has 0 heteroatoms. The first-order valence-corrected chi connectivity index (χ1v) is 11.4. The fourth-order valence-electron chi connectivity index (χ4n) is 6.50. The van der Waals surface area contributed by atoms with Crippen LogP contribution in [0.5, 0.6) is 0 Å². The van der Waals surface area contributed by atoms with Gasteiger partial charge < -0.3 is 0 Å². The highest BCUT2D eigenvalue weighted by atomic mass is 14.6. The lowest BCUT2D eigenvalue weighted by molar-refractivity contribution is -0.0118. The average molecular weight is 379 g/mol. The third-order valence-electron chi connectivity index (χ3n) is 8.25. The summed E-state index contributed by atoms with van der Waals surface area (Å²) >= 11 is 0. The number of benzene rings is 1. The number of hydrogen-bond donors (Lipinski definition) is 0. The van der Waals surface area contributed by atoms with Crippen molar-refractivity contribution >= 4 is 0 Å². The second-order valence-corrected chi connectivity index (χ2v) is 11.7. The summed E-state index contributed by atoms with van der Waals surface area (Å²) in [4.78, 5) is 0. The third-order valence-corrected chi connectivity index (χ3v) is 8.25. The zero-order chi connectivity index (χ0) is 20.7. The maximum absolute atomic E-state index is 2.47. The van der Waals surface area contributed by atoms with E-state index in [1.165, 1.54) is 44.1 Å². The molecule has 4 rings (SSSR count). The van der Waals surface area contributed by atoms with E-state index in [1.807, 2.05) is 0 Å². The molecule has 1 saturated carbocycles. The Labute approximate surface area is 174 Å². The number of hydrogen-bond acceptors (Lipinski definition) is 0. The Hall–Kier alpha value is -1.30. The summed E-state index contributed by atoms with van der Waals surface area (Å²) in [7, 11) is 0. The van der Waals surface area contributed by atoms with Crippen molar-refractivity contribution in [1.29, 1.82) is 0 Å². The van der Waals surface area contributed by atoms with Gasteiger partial charge in [-0.3, -0.25) is 0 Å². The van der Waals surface area contributed by atoms with E-state index in [1.54, 1.807) is 0 Å². The van der Waals surface area contributed by atoms with Crippen LogP contribution < -0.4 is 0 Å². The summed E-state index contributed by atoms with van der Waals surface area (Å²) in [5, 5.41) is 0. The van der Waals surface area contributed by atoms with Crippen molar-refractivity contribution in [3.63, 3.8) is 0 Å². The van der Waals surface area contributed by atoms with E-state index in [2.05, 4.69) is 103 Å². The minimum atomic E-state index is 0.241. The lowest BCUT2D eigenvalue weighted by Gasteiger charge is -2.52. The van der Waals surface area contributed by atoms with Crippen molar-refractivity contribution in [1.82, 2.24) is 0 Å². The Morgan fingerprint density at radius 3 is 1.61 bits per heavy atom. The van der Waals surface area contributed by atoms with Crippen molar-refractivity contribution in [3.8, 4) is 0 Å². The maximum atomic E-state index is 2.47. The van der Waals surface area contributed by atoms with Crippen LogP contribution in [0.15, 0.2) is 54.6 Å². The van der Waals surface area contributed by atoms with Gasteiger partial charge in [-0.25, -0.2) is 0 Å². The van der Waals surface area contributed by atoms with Crippen molar-refractivity contribution in [2.24, 2.45) is 21.7 Å². The van der Waals surface area contributed by atoms with Crippen LogP contribution in [0.4, 0.5) is 0 Å². The highest BCUT2D eigenvalue weighted by Gasteiger charge is 2.55. The van der Waals surface area contributed by atoms with Gasteiger partial charge in [-0.15, -0.1) is 0 Å². The zero-order valence-corrected chi connectivity index (χ0v) is 19.4. The molecule has 154 valence electrons. The minimum absolute atomic E-state index is 0.241. The first-order chi connectivity index (χ1) is 12.9. The maximum Gasteiger partial charge on any atom is 0.0112 e. The predicted octanol–water partition coefficient (Wildman–Crippen LogP) is 8.49. The summed E-state index contributed by atoms with van der Waals surface area (Å²) in [6, 6.07) is 10.8. The Kier molecular flexibility index (Phi) is 5.50. The lowest BCUT2D eigenvalue weighted by atomic mass is 9.52. The largest absolute Gasteiger partial charge is 0.0819 e.